The Morgan fingerprint density at radius 3 is 2.77 bits per heavy atom. The van der Waals surface area contributed by atoms with Crippen molar-refractivity contribution < 1.29 is 13.6 Å². The van der Waals surface area contributed by atoms with Crippen LogP contribution < -0.4 is 0 Å². The zero-order valence-electron chi connectivity index (χ0n) is 6.48. The molecule has 1 aromatic rings. The Kier molecular flexibility index (Phi) is 1.95. The second-order valence-electron chi connectivity index (χ2n) is 2.95. The van der Waals surface area contributed by atoms with Crippen molar-refractivity contribution in [3.8, 4) is 0 Å². The summed E-state index contributed by atoms with van der Waals surface area (Å²) in [5, 5.41) is 0. The largest absolute Gasteiger partial charge is 0.293 e. The first-order valence-electron chi connectivity index (χ1n) is 3.76. The van der Waals surface area contributed by atoms with E-state index < -0.39 is 16.5 Å². The number of hydrogen-bond donors (Lipinski definition) is 0. The number of rotatable bonds is 0. The van der Waals surface area contributed by atoms with E-state index in [9.17, 15) is 13.6 Å². The highest BCUT2D eigenvalue weighted by atomic mass is 79.9. The summed E-state index contributed by atoms with van der Waals surface area (Å²) in [7, 11) is 0. The Bertz CT molecular complexity index is 389. The third-order valence-corrected chi connectivity index (χ3v) is 2.83. The molecule has 0 heterocycles. The first kappa shape index (κ1) is 8.81. The minimum Gasteiger partial charge on any atom is -0.293 e. The summed E-state index contributed by atoms with van der Waals surface area (Å²) in [4.78, 5) is 10.9. The van der Waals surface area contributed by atoms with Gasteiger partial charge in [0.1, 0.15) is 11.6 Å². The third-order valence-electron chi connectivity index (χ3n) is 2.09. The lowest BCUT2D eigenvalue weighted by Gasteiger charge is -1.98. The number of Topliss-reactive ketones (excluding diaryl/α,β-unsaturated/α-hetero) is 1. The molecule has 1 nitrogen and oxygen atoms in total. The van der Waals surface area contributed by atoms with Crippen molar-refractivity contribution in [2.24, 2.45) is 0 Å². The standard InChI is InChI=1S/C9H5BrF2O/c10-7-3-5-6(9(7)13)1-4(11)2-8(5)12/h1-2,7H,3H2. The minimum absolute atomic E-state index is 0.166. The van der Waals surface area contributed by atoms with Gasteiger partial charge in [-0.05, 0) is 12.5 Å². The lowest BCUT2D eigenvalue weighted by molar-refractivity contribution is 0.100. The van der Waals surface area contributed by atoms with E-state index in [-0.39, 0.29) is 11.3 Å². The zero-order chi connectivity index (χ0) is 9.59. The summed E-state index contributed by atoms with van der Waals surface area (Å²) in [5.41, 5.74) is 0.479. The number of ketones is 1. The quantitative estimate of drug-likeness (QED) is 0.643. The fourth-order valence-electron chi connectivity index (χ4n) is 1.47. The summed E-state index contributed by atoms with van der Waals surface area (Å²) >= 11 is 3.10. The average molecular weight is 247 g/mol. The van der Waals surface area contributed by atoms with Gasteiger partial charge in [0, 0.05) is 17.2 Å². The topological polar surface area (TPSA) is 17.1 Å². The molecule has 13 heavy (non-hydrogen) atoms. The molecular formula is C9H5BrF2O. The molecule has 0 aliphatic heterocycles. The van der Waals surface area contributed by atoms with Crippen molar-refractivity contribution in [1.82, 2.24) is 0 Å². The summed E-state index contributed by atoms with van der Waals surface area (Å²) in [6.45, 7) is 0. The molecule has 0 amide bonds. The number of alkyl halides is 1. The molecule has 0 N–H and O–H groups in total. The van der Waals surface area contributed by atoms with E-state index in [1.165, 1.54) is 0 Å². The Morgan fingerprint density at radius 2 is 2.08 bits per heavy atom. The number of fused-ring (bicyclic) bond motifs is 1. The second-order valence-corrected chi connectivity index (χ2v) is 4.05. The SMILES string of the molecule is O=C1c2cc(F)cc(F)c2CC1Br. The molecule has 1 aromatic carbocycles. The van der Waals surface area contributed by atoms with Crippen LogP contribution in [0.15, 0.2) is 12.1 Å². The van der Waals surface area contributed by atoms with Crippen molar-refractivity contribution in [2.75, 3.05) is 0 Å². The minimum atomic E-state index is -0.703. The maximum Gasteiger partial charge on any atom is 0.177 e. The Hall–Kier alpha value is -0.770. The molecule has 1 aliphatic rings. The number of benzene rings is 1. The van der Waals surface area contributed by atoms with E-state index in [2.05, 4.69) is 15.9 Å². The lowest BCUT2D eigenvalue weighted by Crippen LogP contribution is -2.06. The highest BCUT2D eigenvalue weighted by Gasteiger charge is 2.31. The normalized spacial score (nSPS) is 20.5. The second kappa shape index (κ2) is 2.87. The van der Waals surface area contributed by atoms with Gasteiger partial charge in [-0.2, -0.15) is 0 Å². The Labute approximate surface area is 81.9 Å². The summed E-state index contributed by atoms with van der Waals surface area (Å²) in [6.07, 6.45) is 0.306. The van der Waals surface area contributed by atoms with Crippen LogP contribution in [0.3, 0.4) is 0 Å². The van der Waals surface area contributed by atoms with Crippen molar-refractivity contribution >= 4 is 21.7 Å². The fraction of sp³-hybridized carbons (Fsp3) is 0.222. The predicted octanol–water partition coefficient (Wildman–Crippen LogP) is 2.47. The maximum atomic E-state index is 13.1. The molecule has 4 heteroatoms. The molecule has 1 atom stereocenters. The molecule has 0 bridgehead atoms. The smallest absolute Gasteiger partial charge is 0.177 e. The van der Waals surface area contributed by atoms with Gasteiger partial charge in [-0.25, -0.2) is 8.78 Å². The number of carbonyl (C=O) groups is 1. The van der Waals surface area contributed by atoms with Gasteiger partial charge in [-0.3, -0.25) is 4.79 Å². The van der Waals surface area contributed by atoms with E-state index in [1.807, 2.05) is 0 Å². The van der Waals surface area contributed by atoms with Crippen LogP contribution in [0.4, 0.5) is 8.78 Å². The Morgan fingerprint density at radius 1 is 1.38 bits per heavy atom. The first-order valence-corrected chi connectivity index (χ1v) is 4.67. The van der Waals surface area contributed by atoms with Crippen molar-refractivity contribution in [2.45, 2.75) is 11.2 Å². The van der Waals surface area contributed by atoms with Crippen LogP contribution in [-0.2, 0) is 6.42 Å². The number of hydrogen-bond acceptors (Lipinski definition) is 1. The zero-order valence-corrected chi connectivity index (χ0v) is 8.07. The summed E-state index contributed by atoms with van der Waals surface area (Å²) in [5.74, 6) is -1.58. The van der Waals surface area contributed by atoms with Gasteiger partial charge in [0.25, 0.3) is 0 Å². The average Bonchev–Trinajstić information content (AvgIpc) is 2.32. The van der Waals surface area contributed by atoms with Gasteiger partial charge in [-0.15, -0.1) is 0 Å². The molecule has 2 rings (SSSR count). The van der Waals surface area contributed by atoms with E-state index >= 15 is 0 Å². The Balaban J connectivity index is 2.64. The van der Waals surface area contributed by atoms with Crippen LogP contribution in [0, 0.1) is 11.6 Å². The number of carbonyl (C=O) groups excluding carboxylic acids is 1. The fourth-order valence-corrected chi connectivity index (χ4v) is 2.04. The van der Waals surface area contributed by atoms with Crippen LogP contribution in [0.2, 0.25) is 0 Å². The van der Waals surface area contributed by atoms with Gasteiger partial charge >= 0.3 is 0 Å². The molecule has 1 aliphatic carbocycles. The third kappa shape index (κ3) is 1.29. The highest BCUT2D eigenvalue weighted by molar-refractivity contribution is 9.10. The van der Waals surface area contributed by atoms with Crippen LogP contribution in [0.25, 0.3) is 0 Å². The monoisotopic (exact) mass is 246 g/mol. The van der Waals surface area contributed by atoms with Gasteiger partial charge < -0.3 is 0 Å². The molecule has 0 fully saturated rings. The predicted molar refractivity (Wildman–Crippen MR) is 47.1 cm³/mol. The van der Waals surface area contributed by atoms with Crippen LogP contribution >= 0.6 is 15.9 Å². The van der Waals surface area contributed by atoms with E-state index in [0.29, 0.717) is 12.0 Å². The van der Waals surface area contributed by atoms with Gasteiger partial charge in [0.15, 0.2) is 5.78 Å². The lowest BCUT2D eigenvalue weighted by atomic mass is 10.1. The maximum absolute atomic E-state index is 13.1. The molecule has 0 radical (unpaired) electrons. The first-order chi connectivity index (χ1) is 6.09. The van der Waals surface area contributed by atoms with E-state index in [4.69, 9.17) is 0 Å². The van der Waals surface area contributed by atoms with Gasteiger partial charge in [0.05, 0.1) is 4.83 Å². The molecule has 1 unspecified atom stereocenters. The molecular weight excluding hydrogens is 242 g/mol. The van der Waals surface area contributed by atoms with Crippen LogP contribution in [-0.4, -0.2) is 10.6 Å². The van der Waals surface area contributed by atoms with Gasteiger partial charge in [0.2, 0.25) is 0 Å². The van der Waals surface area contributed by atoms with E-state index in [1.54, 1.807) is 0 Å². The highest BCUT2D eigenvalue weighted by Crippen LogP contribution is 2.29. The molecule has 0 saturated heterocycles. The molecule has 0 saturated carbocycles. The van der Waals surface area contributed by atoms with Crippen molar-refractivity contribution in [1.29, 1.82) is 0 Å². The summed E-state index contributed by atoms with van der Waals surface area (Å²) < 4.78 is 25.8. The summed E-state index contributed by atoms with van der Waals surface area (Å²) in [6, 6.07) is 1.89. The molecule has 68 valence electrons. The molecule has 0 spiro atoms. The van der Waals surface area contributed by atoms with Crippen LogP contribution in [0.5, 0.6) is 0 Å². The van der Waals surface area contributed by atoms with Crippen LogP contribution in [0.1, 0.15) is 15.9 Å². The van der Waals surface area contributed by atoms with E-state index in [0.717, 1.165) is 12.1 Å². The van der Waals surface area contributed by atoms with Gasteiger partial charge in [-0.1, -0.05) is 15.9 Å². The van der Waals surface area contributed by atoms with Crippen molar-refractivity contribution in [3.63, 3.8) is 0 Å². The molecule has 0 aromatic heterocycles. The van der Waals surface area contributed by atoms with Crippen molar-refractivity contribution in [3.05, 3.63) is 34.9 Å². The number of halogens is 3.